The van der Waals surface area contributed by atoms with Gasteiger partial charge in [0.05, 0.1) is 7.11 Å². The van der Waals surface area contributed by atoms with Gasteiger partial charge >= 0.3 is 0 Å². The van der Waals surface area contributed by atoms with Gasteiger partial charge in [-0.05, 0) is 29.9 Å². The van der Waals surface area contributed by atoms with E-state index in [0.717, 1.165) is 16.9 Å². The molecule has 0 aliphatic carbocycles. The summed E-state index contributed by atoms with van der Waals surface area (Å²) in [6.45, 7) is 15.1. The van der Waals surface area contributed by atoms with Crippen LogP contribution >= 0.6 is 0 Å². The first-order valence-electron chi connectivity index (χ1n) is 8.14. The van der Waals surface area contributed by atoms with Gasteiger partial charge in [0, 0.05) is 29.3 Å². The molecule has 0 aliphatic rings. The molecule has 1 atom stereocenters. The molecule has 0 radical (unpaired) electrons. The van der Waals surface area contributed by atoms with Gasteiger partial charge in [-0.2, -0.15) is 0 Å². The highest BCUT2D eigenvalue weighted by Gasteiger charge is 2.28. The highest BCUT2D eigenvalue weighted by atomic mass is 16.5. The minimum Gasteiger partial charge on any atom is -0.496 e. The summed E-state index contributed by atoms with van der Waals surface area (Å²) in [6.07, 6.45) is 0. The second-order valence-electron chi connectivity index (χ2n) is 8.29. The quantitative estimate of drug-likeness (QED) is 0.894. The van der Waals surface area contributed by atoms with Crippen LogP contribution in [0.3, 0.4) is 0 Å². The van der Waals surface area contributed by atoms with Gasteiger partial charge in [-0.3, -0.25) is 4.79 Å². The normalized spacial score (nSPS) is 13.6. The number of methoxy groups -OCH3 is 1. The second kappa shape index (κ2) is 6.91. The molecule has 4 heteroatoms. The van der Waals surface area contributed by atoms with E-state index < -0.39 is 0 Å². The standard InChI is InChI=1S/C19H32N2O2/c1-12(20)11-21-17(22)13-9-14(18(2,3)4)16(23-8)15(10-13)19(5,6)7/h9-10,12H,11,20H2,1-8H3,(H,21,22). The molecular formula is C19H32N2O2. The minimum absolute atomic E-state index is 0.0682. The fourth-order valence-corrected chi connectivity index (χ4v) is 2.45. The van der Waals surface area contributed by atoms with Crippen LogP contribution in [0.2, 0.25) is 0 Å². The Morgan fingerprint density at radius 1 is 1.13 bits per heavy atom. The highest BCUT2D eigenvalue weighted by molar-refractivity contribution is 5.95. The van der Waals surface area contributed by atoms with E-state index in [1.54, 1.807) is 7.11 Å². The molecule has 0 heterocycles. The lowest BCUT2D eigenvalue weighted by atomic mass is 9.78. The van der Waals surface area contributed by atoms with E-state index in [0.29, 0.717) is 12.1 Å². The van der Waals surface area contributed by atoms with Crippen molar-refractivity contribution in [3.63, 3.8) is 0 Å². The third-order valence-corrected chi connectivity index (χ3v) is 3.76. The summed E-state index contributed by atoms with van der Waals surface area (Å²) in [7, 11) is 1.69. The molecule has 0 spiro atoms. The summed E-state index contributed by atoms with van der Waals surface area (Å²) in [5, 5.41) is 2.89. The molecule has 1 aromatic carbocycles. The first kappa shape index (κ1) is 19.5. The Bertz CT molecular complexity index is 529. The number of rotatable bonds is 4. The number of hydrogen-bond donors (Lipinski definition) is 2. The molecule has 130 valence electrons. The Morgan fingerprint density at radius 3 is 1.87 bits per heavy atom. The van der Waals surface area contributed by atoms with E-state index in [9.17, 15) is 4.79 Å². The number of carbonyl (C=O) groups excluding carboxylic acids is 1. The fourth-order valence-electron chi connectivity index (χ4n) is 2.45. The summed E-state index contributed by atoms with van der Waals surface area (Å²) in [5.41, 5.74) is 8.22. The largest absolute Gasteiger partial charge is 0.496 e. The number of carbonyl (C=O) groups is 1. The van der Waals surface area contributed by atoms with Crippen LogP contribution in [0.5, 0.6) is 5.75 Å². The predicted octanol–water partition coefficient (Wildman–Crippen LogP) is 3.37. The average Bonchev–Trinajstić information content (AvgIpc) is 2.41. The van der Waals surface area contributed by atoms with Gasteiger partial charge in [-0.15, -0.1) is 0 Å². The molecule has 3 N–H and O–H groups in total. The van der Waals surface area contributed by atoms with Crippen molar-refractivity contribution in [3.8, 4) is 5.75 Å². The van der Waals surface area contributed by atoms with Crippen LogP contribution in [0, 0.1) is 0 Å². The van der Waals surface area contributed by atoms with Crippen molar-refractivity contribution in [1.29, 1.82) is 0 Å². The Balaban J connectivity index is 3.47. The molecule has 0 saturated heterocycles. The zero-order valence-corrected chi connectivity index (χ0v) is 15.8. The Hall–Kier alpha value is -1.55. The van der Waals surface area contributed by atoms with Gasteiger partial charge in [0.2, 0.25) is 0 Å². The molecule has 0 aliphatic heterocycles. The van der Waals surface area contributed by atoms with Crippen molar-refractivity contribution in [2.75, 3.05) is 13.7 Å². The topological polar surface area (TPSA) is 64.3 Å². The van der Waals surface area contributed by atoms with E-state index in [2.05, 4.69) is 46.9 Å². The molecule has 0 aromatic heterocycles. The molecule has 0 fully saturated rings. The van der Waals surface area contributed by atoms with Crippen LogP contribution in [0.25, 0.3) is 0 Å². The number of ether oxygens (including phenoxy) is 1. The number of amides is 1. The van der Waals surface area contributed by atoms with Crippen LogP contribution in [-0.4, -0.2) is 25.6 Å². The summed E-state index contributed by atoms with van der Waals surface area (Å²) < 4.78 is 5.71. The number of nitrogens with one attached hydrogen (secondary N) is 1. The van der Waals surface area contributed by atoms with E-state index >= 15 is 0 Å². The smallest absolute Gasteiger partial charge is 0.251 e. The van der Waals surface area contributed by atoms with E-state index in [4.69, 9.17) is 10.5 Å². The van der Waals surface area contributed by atoms with Crippen LogP contribution in [-0.2, 0) is 10.8 Å². The number of nitrogens with two attached hydrogens (primary N) is 1. The lowest BCUT2D eigenvalue weighted by molar-refractivity contribution is 0.0951. The van der Waals surface area contributed by atoms with Crippen LogP contribution in [0.15, 0.2) is 12.1 Å². The lowest BCUT2D eigenvalue weighted by Crippen LogP contribution is -2.35. The van der Waals surface area contributed by atoms with Gasteiger partial charge < -0.3 is 15.8 Å². The maximum Gasteiger partial charge on any atom is 0.251 e. The van der Waals surface area contributed by atoms with Crippen molar-refractivity contribution in [2.45, 2.75) is 65.3 Å². The molecule has 0 bridgehead atoms. The van der Waals surface area contributed by atoms with Crippen LogP contribution in [0.4, 0.5) is 0 Å². The molecule has 4 nitrogen and oxygen atoms in total. The van der Waals surface area contributed by atoms with E-state index in [-0.39, 0.29) is 22.8 Å². The summed E-state index contributed by atoms with van der Waals surface area (Å²) in [4.78, 5) is 12.5. The fraction of sp³-hybridized carbons (Fsp3) is 0.632. The molecule has 1 aromatic rings. The molecule has 1 rings (SSSR count). The van der Waals surface area contributed by atoms with Gasteiger partial charge in [0.1, 0.15) is 5.75 Å². The molecule has 0 saturated carbocycles. The highest BCUT2D eigenvalue weighted by Crippen LogP contribution is 2.40. The Kier molecular flexibility index (Phi) is 5.86. The first-order chi connectivity index (χ1) is 10.4. The zero-order valence-electron chi connectivity index (χ0n) is 15.8. The molecule has 1 unspecified atom stereocenters. The molecular weight excluding hydrogens is 288 g/mol. The van der Waals surface area contributed by atoms with Crippen LogP contribution in [0.1, 0.15) is 70.0 Å². The summed E-state index contributed by atoms with van der Waals surface area (Å²) in [5.74, 6) is 0.773. The van der Waals surface area contributed by atoms with Gasteiger partial charge in [-0.25, -0.2) is 0 Å². The van der Waals surface area contributed by atoms with Crippen molar-refractivity contribution < 1.29 is 9.53 Å². The number of hydrogen-bond acceptors (Lipinski definition) is 3. The monoisotopic (exact) mass is 320 g/mol. The van der Waals surface area contributed by atoms with Gasteiger partial charge in [0.15, 0.2) is 0 Å². The maximum atomic E-state index is 12.5. The average molecular weight is 320 g/mol. The summed E-state index contributed by atoms with van der Waals surface area (Å²) >= 11 is 0. The van der Waals surface area contributed by atoms with E-state index in [1.807, 2.05) is 19.1 Å². The van der Waals surface area contributed by atoms with Crippen molar-refractivity contribution in [3.05, 3.63) is 28.8 Å². The minimum atomic E-state index is -0.122. The maximum absolute atomic E-state index is 12.5. The summed E-state index contributed by atoms with van der Waals surface area (Å²) in [6, 6.07) is 3.80. The predicted molar refractivity (Wildman–Crippen MR) is 96.4 cm³/mol. The first-order valence-corrected chi connectivity index (χ1v) is 8.14. The van der Waals surface area contributed by atoms with Crippen molar-refractivity contribution in [1.82, 2.24) is 5.32 Å². The third kappa shape index (κ3) is 4.96. The molecule has 23 heavy (non-hydrogen) atoms. The van der Waals surface area contributed by atoms with Crippen molar-refractivity contribution in [2.24, 2.45) is 5.73 Å². The van der Waals surface area contributed by atoms with Crippen LogP contribution < -0.4 is 15.8 Å². The molecule has 1 amide bonds. The Morgan fingerprint density at radius 2 is 1.57 bits per heavy atom. The van der Waals surface area contributed by atoms with Crippen molar-refractivity contribution >= 4 is 5.91 Å². The third-order valence-electron chi connectivity index (χ3n) is 3.76. The van der Waals surface area contributed by atoms with E-state index in [1.165, 1.54) is 0 Å². The van der Waals surface area contributed by atoms with Gasteiger partial charge in [0.25, 0.3) is 5.91 Å². The van der Waals surface area contributed by atoms with Gasteiger partial charge in [-0.1, -0.05) is 41.5 Å². The lowest BCUT2D eigenvalue weighted by Gasteiger charge is -2.29. The second-order valence-corrected chi connectivity index (χ2v) is 8.29. The number of benzene rings is 1. The SMILES string of the molecule is COc1c(C(C)(C)C)cc(C(=O)NCC(C)N)cc1C(C)(C)C. The Labute approximate surface area is 140 Å². The zero-order chi connectivity index (χ0) is 18.0.